The van der Waals surface area contributed by atoms with Crippen LogP contribution < -0.4 is 0 Å². The second-order valence-electron chi connectivity index (χ2n) is 3.76. The molecule has 1 rings (SSSR count). The molecule has 5 heteroatoms. The van der Waals surface area contributed by atoms with Crippen molar-refractivity contribution in [3.63, 3.8) is 0 Å². The minimum absolute atomic E-state index is 0.0551. The first-order chi connectivity index (χ1) is 7.42. The van der Waals surface area contributed by atoms with Gasteiger partial charge in [-0.25, -0.2) is 8.42 Å². The van der Waals surface area contributed by atoms with Crippen LogP contribution in [-0.2, 0) is 9.84 Å². The summed E-state index contributed by atoms with van der Waals surface area (Å²) in [6, 6.07) is 6.12. The van der Waals surface area contributed by atoms with Gasteiger partial charge in [-0.2, -0.15) is 0 Å². The average Bonchev–Trinajstić information content (AvgIpc) is 2.17. The fourth-order valence-electron chi connectivity index (χ4n) is 1.33. The molecule has 1 atom stereocenters. The van der Waals surface area contributed by atoms with Crippen molar-refractivity contribution in [3.05, 3.63) is 29.3 Å². The zero-order chi connectivity index (χ0) is 12.2. The lowest BCUT2D eigenvalue weighted by Crippen LogP contribution is -2.09. The van der Waals surface area contributed by atoms with Crippen LogP contribution in [0.1, 0.15) is 19.8 Å². The standard InChI is InChI=1S/C11H15ClO3S/c1-9(13)3-2-8-16(14,15)11-6-4-10(12)5-7-11/h4-7,9,13H,2-3,8H2,1H3. The monoisotopic (exact) mass is 262 g/mol. The van der Waals surface area contributed by atoms with E-state index in [1.807, 2.05) is 0 Å². The number of hydrogen-bond acceptors (Lipinski definition) is 3. The maximum absolute atomic E-state index is 11.8. The SMILES string of the molecule is CC(O)CCCS(=O)(=O)c1ccc(Cl)cc1. The Hall–Kier alpha value is -0.580. The summed E-state index contributed by atoms with van der Waals surface area (Å²) in [5.74, 6) is 0.0551. The quantitative estimate of drug-likeness (QED) is 0.886. The normalized spacial score (nSPS) is 13.7. The lowest BCUT2D eigenvalue weighted by Gasteiger charge is -2.06. The average molecular weight is 263 g/mol. The van der Waals surface area contributed by atoms with E-state index in [4.69, 9.17) is 16.7 Å². The van der Waals surface area contributed by atoms with Gasteiger partial charge in [0.05, 0.1) is 16.8 Å². The van der Waals surface area contributed by atoms with Crippen LogP contribution in [0.25, 0.3) is 0 Å². The molecule has 0 bridgehead atoms. The van der Waals surface area contributed by atoms with E-state index in [0.717, 1.165) is 0 Å². The number of hydrogen-bond donors (Lipinski definition) is 1. The Morgan fingerprint density at radius 2 is 1.88 bits per heavy atom. The Kier molecular flexibility index (Phi) is 4.77. The fourth-order valence-corrected chi connectivity index (χ4v) is 2.79. The van der Waals surface area contributed by atoms with Gasteiger partial charge in [-0.05, 0) is 44.0 Å². The van der Waals surface area contributed by atoms with Crippen LogP contribution in [0, 0.1) is 0 Å². The molecule has 3 nitrogen and oxygen atoms in total. The highest BCUT2D eigenvalue weighted by atomic mass is 35.5. The zero-order valence-corrected chi connectivity index (χ0v) is 10.6. The van der Waals surface area contributed by atoms with E-state index in [0.29, 0.717) is 17.9 Å². The summed E-state index contributed by atoms with van der Waals surface area (Å²) >= 11 is 5.68. The van der Waals surface area contributed by atoms with Crippen LogP contribution in [-0.4, -0.2) is 25.4 Å². The summed E-state index contributed by atoms with van der Waals surface area (Å²) in [5.41, 5.74) is 0. The highest BCUT2D eigenvalue weighted by molar-refractivity contribution is 7.91. The molecule has 0 amide bonds. The molecule has 0 aliphatic rings. The molecule has 1 aromatic rings. The van der Waals surface area contributed by atoms with Crippen molar-refractivity contribution in [1.29, 1.82) is 0 Å². The van der Waals surface area contributed by atoms with Gasteiger partial charge in [-0.3, -0.25) is 0 Å². The Balaban J connectivity index is 2.67. The van der Waals surface area contributed by atoms with Gasteiger partial charge in [-0.1, -0.05) is 11.6 Å². The van der Waals surface area contributed by atoms with Crippen molar-refractivity contribution in [3.8, 4) is 0 Å². The Bertz CT molecular complexity index is 423. The van der Waals surface area contributed by atoms with E-state index in [-0.39, 0.29) is 10.6 Å². The summed E-state index contributed by atoms with van der Waals surface area (Å²) in [4.78, 5) is 0.280. The number of benzene rings is 1. The molecule has 0 saturated carbocycles. The van der Waals surface area contributed by atoms with E-state index in [1.54, 1.807) is 19.1 Å². The van der Waals surface area contributed by atoms with Crippen molar-refractivity contribution >= 4 is 21.4 Å². The van der Waals surface area contributed by atoms with Gasteiger partial charge < -0.3 is 5.11 Å². The van der Waals surface area contributed by atoms with Crippen LogP contribution in [0.15, 0.2) is 29.2 Å². The van der Waals surface area contributed by atoms with Gasteiger partial charge in [0.15, 0.2) is 9.84 Å². The maximum atomic E-state index is 11.8. The van der Waals surface area contributed by atoms with Crippen LogP contribution in [0.3, 0.4) is 0 Å². The zero-order valence-electron chi connectivity index (χ0n) is 9.06. The van der Waals surface area contributed by atoms with Crippen molar-refractivity contribution in [2.75, 3.05) is 5.75 Å². The highest BCUT2D eigenvalue weighted by Gasteiger charge is 2.14. The molecule has 0 radical (unpaired) electrons. The molecule has 0 saturated heterocycles. The molecule has 1 N–H and O–H groups in total. The highest BCUT2D eigenvalue weighted by Crippen LogP contribution is 2.16. The Labute approximate surface area is 101 Å². The predicted octanol–water partition coefficient (Wildman–Crippen LogP) is 2.27. The molecule has 0 fully saturated rings. The topological polar surface area (TPSA) is 54.4 Å². The van der Waals surface area contributed by atoms with E-state index >= 15 is 0 Å². The molecular formula is C11H15ClO3S. The molecule has 0 aliphatic heterocycles. The first-order valence-electron chi connectivity index (χ1n) is 5.08. The van der Waals surface area contributed by atoms with Crippen LogP contribution in [0.2, 0.25) is 5.02 Å². The first-order valence-corrected chi connectivity index (χ1v) is 7.11. The second kappa shape index (κ2) is 5.66. The van der Waals surface area contributed by atoms with Gasteiger partial charge in [0, 0.05) is 5.02 Å². The fraction of sp³-hybridized carbons (Fsp3) is 0.455. The van der Waals surface area contributed by atoms with Gasteiger partial charge in [0.25, 0.3) is 0 Å². The van der Waals surface area contributed by atoms with Crippen molar-refractivity contribution in [1.82, 2.24) is 0 Å². The van der Waals surface area contributed by atoms with E-state index < -0.39 is 15.9 Å². The largest absolute Gasteiger partial charge is 0.393 e. The summed E-state index contributed by atoms with van der Waals surface area (Å²) in [5, 5.41) is 9.56. The van der Waals surface area contributed by atoms with Gasteiger partial charge in [0.2, 0.25) is 0 Å². The predicted molar refractivity (Wildman–Crippen MR) is 64.4 cm³/mol. The molecule has 0 aromatic heterocycles. The number of halogens is 1. The van der Waals surface area contributed by atoms with Gasteiger partial charge in [-0.15, -0.1) is 0 Å². The molecule has 0 heterocycles. The molecule has 0 aliphatic carbocycles. The van der Waals surface area contributed by atoms with Crippen molar-refractivity contribution in [2.45, 2.75) is 30.8 Å². The molecule has 1 aromatic carbocycles. The summed E-state index contributed by atoms with van der Waals surface area (Å²) in [6.07, 6.45) is 0.496. The van der Waals surface area contributed by atoms with Gasteiger partial charge in [0.1, 0.15) is 0 Å². The van der Waals surface area contributed by atoms with E-state index in [1.165, 1.54) is 12.1 Å². The summed E-state index contributed by atoms with van der Waals surface area (Å²) < 4.78 is 23.6. The minimum Gasteiger partial charge on any atom is -0.393 e. The first kappa shape index (κ1) is 13.5. The summed E-state index contributed by atoms with van der Waals surface area (Å²) in [7, 11) is -3.24. The lowest BCUT2D eigenvalue weighted by molar-refractivity contribution is 0.184. The number of aliphatic hydroxyl groups excluding tert-OH is 1. The number of aliphatic hydroxyl groups is 1. The molecule has 16 heavy (non-hydrogen) atoms. The van der Waals surface area contributed by atoms with E-state index in [9.17, 15) is 8.42 Å². The number of sulfone groups is 1. The second-order valence-corrected chi connectivity index (χ2v) is 6.31. The Morgan fingerprint density at radius 1 is 1.31 bits per heavy atom. The molecule has 90 valence electrons. The third kappa shape index (κ3) is 4.12. The van der Waals surface area contributed by atoms with Crippen LogP contribution in [0.4, 0.5) is 0 Å². The van der Waals surface area contributed by atoms with Crippen molar-refractivity contribution in [2.24, 2.45) is 0 Å². The third-order valence-corrected chi connectivity index (χ3v) is 4.28. The smallest absolute Gasteiger partial charge is 0.178 e. The molecular weight excluding hydrogens is 248 g/mol. The number of rotatable bonds is 5. The Morgan fingerprint density at radius 3 is 2.38 bits per heavy atom. The van der Waals surface area contributed by atoms with Crippen molar-refractivity contribution < 1.29 is 13.5 Å². The van der Waals surface area contributed by atoms with Crippen LogP contribution >= 0.6 is 11.6 Å². The molecule has 0 spiro atoms. The summed E-state index contributed by atoms with van der Waals surface area (Å²) in [6.45, 7) is 1.65. The molecule has 1 unspecified atom stereocenters. The maximum Gasteiger partial charge on any atom is 0.178 e. The third-order valence-electron chi connectivity index (χ3n) is 2.21. The van der Waals surface area contributed by atoms with Gasteiger partial charge >= 0.3 is 0 Å². The van der Waals surface area contributed by atoms with E-state index in [2.05, 4.69) is 0 Å². The lowest BCUT2D eigenvalue weighted by atomic mass is 10.2. The van der Waals surface area contributed by atoms with Crippen LogP contribution in [0.5, 0.6) is 0 Å². The minimum atomic E-state index is -3.24.